The first-order chi connectivity index (χ1) is 9.19. The van der Waals surface area contributed by atoms with E-state index in [1.165, 1.54) is 0 Å². The molecular formula is C14H18ClNO3. The average molecular weight is 284 g/mol. The van der Waals surface area contributed by atoms with Gasteiger partial charge in [0.2, 0.25) is 5.91 Å². The van der Waals surface area contributed by atoms with Crippen molar-refractivity contribution in [3.8, 4) is 0 Å². The molecule has 5 heteroatoms. The molecule has 0 radical (unpaired) electrons. The third kappa shape index (κ3) is 5.30. The standard InChI is InChI=1S/C14H18ClNO3/c1-2-19-14(18)11-7-3-4-8-12(11)16-13(17)9-5-6-10-15/h3-4,7-8H,2,5-6,9-10H2,1H3,(H,16,17). The van der Waals surface area contributed by atoms with Crippen molar-refractivity contribution in [1.82, 2.24) is 0 Å². The molecule has 1 amide bonds. The molecule has 1 aromatic carbocycles. The van der Waals surface area contributed by atoms with E-state index in [-0.39, 0.29) is 5.91 Å². The number of unbranched alkanes of at least 4 members (excludes halogenated alkanes) is 1. The molecule has 1 aromatic rings. The van der Waals surface area contributed by atoms with Gasteiger partial charge in [-0.1, -0.05) is 12.1 Å². The monoisotopic (exact) mass is 283 g/mol. The highest BCUT2D eigenvalue weighted by Crippen LogP contribution is 2.16. The molecular weight excluding hydrogens is 266 g/mol. The number of carbonyl (C=O) groups is 2. The van der Waals surface area contributed by atoms with Crippen LogP contribution in [0.3, 0.4) is 0 Å². The molecule has 4 nitrogen and oxygen atoms in total. The second kappa shape index (κ2) is 8.53. The summed E-state index contributed by atoms with van der Waals surface area (Å²) >= 11 is 5.55. The third-order valence-corrected chi connectivity index (χ3v) is 2.75. The highest BCUT2D eigenvalue weighted by molar-refractivity contribution is 6.17. The molecule has 0 heterocycles. The van der Waals surface area contributed by atoms with Gasteiger partial charge in [0.15, 0.2) is 0 Å². The van der Waals surface area contributed by atoms with E-state index in [1.807, 2.05) is 0 Å². The first-order valence-corrected chi connectivity index (χ1v) is 6.84. The first kappa shape index (κ1) is 15.5. The summed E-state index contributed by atoms with van der Waals surface area (Å²) in [7, 11) is 0. The van der Waals surface area contributed by atoms with Crippen LogP contribution in [0.25, 0.3) is 0 Å². The molecule has 0 aliphatic carbocycles. The van der Waals surface area contributed by atoms with Gasteiger partial charge in [0.05, 0.1) is 17.9 Å². The van der Waals surface area contributed by atoms with Gasteiger partial charge in [-0.15, -0.1) is 11.6 Å². The summed E-state index contributed by atoms with van der Waals surface area (Å²) < 4.78 is 4.94. The van der Waals surface area contributed by atoms with Crippen LogP contribution in [0, 0.1) is 0 Å². The number of alkyl halides is 1. The predicted molar refractivity (Wildman–Crippen MR) is 75.6 cm³/mol. The number of benzene rings is 1. The van der Waals surface area contributed by atoms with Crippen molar-refractivity contribution in [2.45, 2.75) is 26.2 Å². The van der Waals surface area contributed by atoms with E-state index in [0.29, 0.717) is 30.2 Å². The highest BCUT2D eigenvalue weighted by Gasteiger charge is 2.13. The molecule has 0 aromatic heterocycles. The second-order valence-corrected chi connectivity index (χ2v) is 4.34. The van der Waals surface area contributed by atoms with Crippen molar-refractivity contribution >= 4 is 29.2 Å². The molecule has 1 rings (SSSR count). The maximum absolute atomic E-state index is 11.7. The van der Waals surface area contributed by atoms with Gasteiger partial charge in [-0.2, -0.15) is 0 Å². The Kier molecular flexibility index (Phi) is 6.97. The van der Waals surface area contributed by atoms with E-state index in [1.54, 1.807) is 31.2 Å². The molecule has 19 heavy (non-hydrogen) atoms. The van der Waals surface area contributed by atoms with Crippen LogP contribution in [0.15, 0.2) is 24.3 Å². The van der Waals surface area contributed by atoms with Gasteiger partial charge in [-0.05, 0) is 31.9 Å². The molecule has 0 bridgehead atoms. The SMILES string of the molecule is CCOC(=O)c1ccccc1NC(=O)CCCCCl. The fraction of sp³-hybridized carbons (Fsp3) is 0.429. The number of halogens is 1. The minimum absolute atomic E-state index is 0.123. The van der Waals surface area contributed by atoms with E-state index in [4.69, 9.17) is 16.3 Å². The highest BCUT2D eigenvalue weighted by atomic mass is 35.5. The lowest BCUT2D eigenvalue weighted by atomic mass is 10.1. The summed E-state index contributed by atoms with van der Waals surface area (Å²) in [6, 6.07) is 6.81. The summed E-state index contributed by atoms with van der Waals surface area (Å²) in [6.45, 7) is 2.04. The van der Waals surface area contributed by atoms with Crippen LogP contribution >= 0.6 is 11.6 Å². The molecule has 0 unspecified atom stereocenters. The van der Waals surface area contributed by atoms with Gasteiger partial charge in [0.1, 0.15) is 0 Å². The van der Waals surface area contributed by atoms with Crippen molar-refractivity contribution in [2.75, 3.05) is 17.8 Å². The summed E-state index contributed by atoms with van der Waals surface area (Å²) in [5, 5.41) is 2.73. The predicted octanol–water partition coefficient (Wildman–Crippen LogP) is 3.21. The zero-order valence-electron chi connectivity index (χ0n) is 10.9. The van der Waals surface area contributed by atoms with Crippen LogP contribution in [-0.4, -0.2) is 24.4 Å². The van der Waals surface area contributed by atoms with Crippen molar-refractivity contribution in [3.63, 3.8) is 0 Å². The number of para-hydroxylation sites is 1. The zero-order chi connectivity index (χ0) is 14.1. The maximum atomic E-state index is 11.7. The number of ether oxygens (including phenoxy) is 1. The minimum atomic E-state index is -0.431. The number of amides is 1. The first-order valence-electron chi connectivity index (χ1n) is 6.31. The Morgan fingerprint density at radius 3 is 2.68 bits per heavy atom. The van der Waals surface area contributed by atoms with E-state index in [0.717, 1.165) is 12.8 Å². The number of hydrogen-bond donors (Lipinski definition) is 1. The number of anilines is 1. The van der Waals surface area contributed by atoms with E-state index in [9.17, 15) is 9.59 Å². The number of carbonyl (C=O) groups excluding carboxylic acids is 2. The van der Waals surface area contributed by atoms with Gasteiger partial charge in [0, 0.05) is 12.3 Å². The van der Waals surface area contributed by atoms with Crippen molar-refractivity contribution in [2.24, 2.45) is 0 Å². The van der Waals surface area contributed by atoms with Gasteiger partial charge in [-0.25, -0.2) is 4.79 Å². The molecule has 0 atom stereocenters. The Hall–Kier alpha value is -1.55. The molecule has 1 N–H and O–H groups in total. The number of rotatable bonds is 7. The van der Waals surface area contributed by atoms with Gasteiger partial charge in [0.25, 0.3) is 0 Å². The molecule has 104 valence electrons. The lowest BCUT2D eigenvalue weighted by Gasteiger charge is -2.10. The molecule has 0 saturated heterocycles. The van der Waals surface area contributed by atoms with E-state index in [2.05, 4.69) is 5.32 Å². The molecule has 0 spiro atoms. The van der Waals surface area contributed by atoms with Crippen LogP contribution in [-0.2, 0) is 9.53 Å². The Morgan fingerprint density at radius 1 is 1.26 bits per heavy atom. The lowest BCUT2D eigenvalue weighted by molar-refractivity contribution is -0.116. The normalized spacial score (nSPS) is 10.0. The number of esters is 1. The number of nitrogens with one attached hydrogen (secondary N) is 1. The van der Waals surface area contributed by atoms with Crippen LogP contribution in [0.2, 0.25) is 0 Å². The summed E-state index contributed by atoms with van der Waals surface area (Å²) in [6.07, 6.45) is 1.93. The zero-order valence-corrected chi connectivity index (χ0v) is 11.7. The molecule has 0 saturated carbocycles. The van der Waals surface area contributed by atoms with Crippen LogP contribution in [0.5, 0.6) is 0 Å². The van der Waals surface area contributed by atoms with Gasteiger partial charge in [-0.3, -0.25) is 4.79 Å². The minimum Gasteiger partial charge on any atom is -0.462 e. The quantitative estimate of drug-likeness (QED) is 0.475. The largest absolute Gasteiger partial charge is 0.462 e. The third-order valence-electron chi connectivity index (χ3n) is 2.48. The van der Waals surface area contributed by atoms with Crippen molar-refractivity contribution in [3.05, 3.63) is 29.8 Å². The summed E-state index contributed by atoms with van der Waals surface area (Å²) in [5.74, 6) is -0.00630. The second-order valence-electron chi connectivity index (χ2n) is 3.96. The Morgan fingerprint density at radius 2 is 2.00 bits per heavy atom. The lowest BCUT2D eigenvalue weighted by Crippen LogP contribution is -2.15. The van der Waals surface area contributed by atoms with Gasteiger partial charge < -0.3 is 10.1 Å². The van der Waals surface area contributed by atoms with Crippen LogP contribution in [0.4, 0.5) is 5.69 Å². The fourth-order valence-electron chi connectivity index (χ4n) is 1.57. The summed E-state index contributed by atoms with van der Waals surface area (Å²) in [4.78, 5) is 23.4. The van der Waals surface area contributed by atoms with E-state index < -0.39 is 5.97 Å². The van der Waals surface area contributed by atoms with Crippen LogP contribution in [0.1, 0.15) is 36.5 Å². The maximum Gasteiger partial charge on any atom is 0.340 e. The number of hydrogen-bond acceptors (Lipinski definition) is 3. The Labute approximate surface area is 118 Å². The average Bonchev–Trinajstić information content (AvgIpc) is 2.40. The molecule has 0 aliphatic rings. The molecule has 0 fully saturated rings. The molecule has 0 aliphatic heterocycles. The smallest absolute Gasteiger partial charge is 0.340 e. The van der Waals surface area contributed by atoms with Crippen molar-refractivity contribution in [1.29, 1.82) is 0 Å². The van der Waals surface area contributed by atoms with Crippen molar-refractivity contribution < 1.29 is 14.3 Å². The Bertz CT molecular complexity index is 434. The van der Waals surface area contributed by atoms with E-state index >= 15 is 0 Å². The van der Waals surface area contributed by atoms with Crippen LogP contribution < -0.4 is 5.32 Å². The fourth-order valence-corrected chi connectivity index (χ4v) is 1.76. The Balaban J connectivity index is 2.67. The topological polar surface area (TPSA) is 55.4 Å². The summed E-state index contributed by atoms with van der Waals surface area (Å²) in [5.41, 5.74) is 0.854. The van der Waals surface area contributed by atoms with Gasteiger partial charge >= 0.3 is 5.97 Å².